The van der Waals surface area contributed by atoms with Crippen molar-refractivity contribution < 1.29 is 4.74 Å². The van der Waals surface area contributed by atoms with Gasteiger partial charge in [0.1, 0.15) is 16.6 Å². The Morgan fingerprint density at radius 2 is 2.00 bits per heavy atom. The molecule has 0 aliphatic carbocycles. The molecule has 1 aromatic carbocycles. The highest BCUT2D eigenvalue weighted by Crippen LogP contribution is 2.47. The number of ether oxygens (including phenoxy) is 1. The van der Waals surface area contributed by atoms with Gasteiger partial charge in [-0.2, -0.15) is 5.26 Å². The van der Waals surface area contributed by atoms with E-state index >= 15 is 0 Å². The first-order valence-electron chi connectivity index (χ1n) is 6.95. The van der Waals surface area contributed by atoms with Crippen molar-refractivity contribution in [1.82, 2.24) is 4.98 Å². The molecule has 3 heterocycles. The number of nitriles is 1. The van der Waals surface area contributed by atoms with Gasteiger partial charge in [-0.15, -0.1) is 22.7 Å². The van der Waals surface area contributed by atoms with Crippen LogP contribution in [0.25, 0.3) is 10.6 Å². The standard InChI is InChI=1S/C17H11N3OS2/c18-9-11-13(12-7-4-8-22-12)14-16(21-15(11)19)20-17(23-14)10-5-2-1-3-6-10/h1-8,13H,19H2/t13-/m0/s1. The molecule has 4 nitrogen and oxygen atoms in total. The van der Waals surface area contributed by atoms with E-state index in [0.29, 0.717) is 11.5 Å². The fraction of sp³-hybridized carbons (Fsp3) is 0.0588. The zero-order valence-electron chi connectivity index (χ0n) is 11.9. The lowest BCUT2D eigenvalue weighted by atomic mass is 9.95. The van der Waals surface area contributed by atoms with Crippen LogP contribution in [0.3, 0.4) is 0 Å². The second-order valence-corrected chi connectivity index (χ2v) is 7.00. The van der Waals surface area contributed by atoms with Crippen molar-refractivity contribution in [1.29, 1.82) is 5.26 Å². The lowest BCUT2D eigenvalue weighted by molar-refractivity contribution is 0.383. The molecule has 1 aliphatic rings. The Bertz CT molecular complexity index is 921. The summed E-state index contributed by atoms with van der Waals surface area (Å²) in [7, 11) is 0. The van der Waals surface area contributed by atoms with E-state index in [2.05, 4.69) is 11.1 Å². The summed E-state index contributed by atoms with van der Waals surface area (Å²) in [4.78, 5) is 6.57. The maximum atomic E-state index is 9.50. The summed E-state index contributed by atoms with van der Waals surface area (Å²) in [5.41, 5.74) is 7.43. The minimum atomic E-state index is -0.196. The highest BCUT2D eigenvalue weighted by atomic mass is 32.1. The van der Waals surface area contributed by atoms with Crippen LogP contribution in [0.4, 0.5) is 0 Å². The summed E-state index contributed by atoms with van der Waals surface area (Å²) >= 11 is 3.15. The molecule has 23 heavy (non-hydrogen) atoms. The molecule has 0 amide bonds. The van der Waals surface area contributed by atoms with Gasteiger partial charge in [-0.3, -0.25) is 0 Å². The first-order chi connectivity index (χ1) is 11.3. The number of hydrogen-bond acceptors (Lipinski definition) is 6. The summed E-state index contributed by atoms with van der Waals surface area (Å²) in [6.45, 7) is 0. The van der Waals surface area contributed by atoms with E-state index in [9.17, 15) is 5.26 Å². The third-order valence-electron chi connectivity index (χ3n) is 3.61. The van der Waals surface area contributed by atoms with Crippen molar-refractivity contribution in [2.24, 2.45) is 5.73 Å². The zero-order chi connectivity index (χ0) is 15.8. The van der Waals surface area contributed by atoms with Gasteiger partial charge >= 0.3 is 0 Å². The Balaban J connectivity index is 1.88. The number of allylic oxidation sites excluding steroid dienone is 1. The van der Waals surface area contributed by atoms with Gasteiger partial charge in [0.25, 0.3) is 0 Å². The summed E-state index contributed by atoms with van der Waals surface area (Å²) in [6, 6.07) is 16.1. The average molecular weight is 337 g/mol. The smallest absolute Gasteiger partial charge is 0.236 e. The molecule has 112 valence electrons. The summed E-state index contributed by atoms with van der Waals surface area (Å²) in [6.07, 6.45) is 0. The fourth-order valence-electron chi connectivity index (χ4n) is 2.56. The van der Waals surface area contributed by atoms with Crippen molar-refractivity contribution in [2.45, 2.75) is 5.92 Å². The molecule has 0 bridgehead atoms. The number of benzene rings is 1. The first-order valence-corrected chi connectivity index (χ1v) is 8.64. The van der Waals surface area contributed by atoms with Gasteiger partial charge < -0.3 is 10.5 Å². The van der Waals surface area contributed by atoms with Gasteiger partial charge in [0.15, 0.2) is 0 Å². The van der Waals surface area contributed by atoms with E-state index in [1.165, 1.54) is 0 Å². The summed E-state index contributed by atoms with van der Waals surface area (Å²) in [5, 5.41) is 12.4. The molecule has 0 saturated carbocycles. The van der Waals surface area contributed by atoms with Gasteiger partial charge in [0, 0.05) is 10.4 Å². The van der Waals surface area contributed by atoms with Crippen LogP contribution < -0.4 is 10.5 Å². The highest BCUT2D eigenvalue weighted by Gasteiger charge is 2.34. The van der Waals surface area contributed by atoms with Crippen LogP contribution in [-0.2, 0) is 0 Å². The molecule has 2 N–H and O–H groups in total. The number of rotatable bonds is 2. The number of fused-ring (bicyclic) bond motifs is 1. The fourth-order valence-corrected chi connectivity index (χ4v) is 4.60. The molecular formula is C17H11N3OS2. The molecule has 6 heteroatoms. The lowest BCUT2D eigenvalue weighted by Crippen LogP contribution is -2.19. The molecule has 1 aliphatic heterocycles. The van der Waals surface area contributed by atoms with Crippen LogP contribution in [0.2, 0.25) is 0 Å². The number of thiophene rings is 1. The Hall–Kier alpha value is -2.62. The van der Waals surface area contributed by atoms with Gasteiger partial charge in [-0.05, 0) is 11.4 Å². The molecule has 0 unspecified atom stereocenters. The molecule has 0 fully saturated rings. The Morgan fingerprint density at radius 1 is 1.17 bits per heavy atom. The molecule has 3 aromatic rings. The van der Waals surface area contributed by atoms with Crippen molar-refractivity contribution in [2.75, 3.05) is 0 Å². The van der Waals surface area contributed by atoms with Crippen LogP contribution in [0, 0.1) is 11.3 Å². The predicted octanol–water partition coefficient (Wildman–Crippen LogP) is 4.09. The maximum absolute atomic E-state index is 9.50. The summed E-state index contributed by atoms with van der Waals surface area (Å²) in [5.74, 6) is 0.450. The average Bonchev–Trinajstić information content (AvgIpc) is 3.23. The van der Waals surface area contributed by atoms with Crippen molar-refractivity contribution in [3.63, 3.8) is 0 Å². The Morgan fingerprint density at radius 3 is 2.70 bits per heavy atom. The van der Waals surface area contributed by atoms with E-state index < -0.39 is 0 Å². The van der Waals surface area contributed by atoms with Crippen LogP contribution >= 0.6 is 22.7 Å². The topological polar surface area (TPSA) is 71.9 Å². The quantitative estimate of drug-likeness (QED) is 0.764. The van der Waals surface area contributed by atoms with Crippen molar-refractivity contribution in [3.8, 4) is 22.5 Å². The number of nitrogens with zero attached hydrogens (tertiary/aromatic N) is 2. The summed E-state index contributed by atoms with van der Waals surface area (Å²) < 4.78 is 5.60. The second-order valence-electron chi connectivity index (χ2n) is 4.99. The van der Waals surface area contributed by atoms with Gasteiger partial charge in [-0.1, -0.05) is 36.4 Å². The van der Waals surface area contributed by atoms with E-state index in [1.807, 2.05) is 47.8 Å². The SMILES string of the molecule is N#CC1=C(N)Oc2nc(-c3ccccc3)sc2[C@@H]1c1cccs1. The van der Waals surface area contributed by atoms with Crippen LogP contribution in [0.5, 0.6) is 5.88 Å². The Labute approximate surface area is 141 Å². The third-order valence-corrected chi connectivity index (χ3v) is 5.70. The van der Waals surface area contributed by atoms with E-state index in [0.717, 1.165) is 20.3 Å². The van der Waals surface area contributed by atoms with Gasteiger partial charge in [0.2, 0.25) is 11.8 Å². The largest absolute Gasteiger partial charge is 0.421 e. The third kappa shape index (κ3) is 2.31. The number of thiazole rings is 1. The highest BCUT2D eigenvalue weighted by molar-refractivity contribution is 7.16. The van der Waals surface area contributed by atoms with Crippen LogP contribution in [0.1, 0.15) is 15.7 Å². The van der Waals surface area contributed by atoms with E-state index in [-0.39, 0.29) is 11.8 Å². The number of hydrogen-bond donors (Lipinski definition) is 1. The maximum Gasteiger partial charge on any atom is 0.236 e. The molecular weight excluding hydrogens is 326 g/mol. The molecule has 1 atom stereocenters. The Kier molecular flexibility index (Phi) is 3.37. The molecule has 2 aromatic heterocycles. The number of nitrogens with two attached hydrogens (primary N) is 1. The van der Waals surface area contributed by atoms with Crippen LogP contribution in [0.15, 0.2) is 59.3 Å². The molecule has 0 spiro atoms. The van der Waals surface area contributed by atoms with E-state index in [1.54, 1.807) is 22.7 Å². The molecule has 0 saturated heterocycles. The van der Waals surface area contributed by atoms with Crippen molar-refractivity contribution >= 4 is 22.7 Å². The predicted molar refractivity (Wildman–Crippen MR) is 91.2 cm³/mol. The van der Waals surface area contributed by atoms with Crippen molar-refractivity contribution in [3.05, 3.63) is 69.1 Å². The zero-order valence-corrected chi connectivity index (χ0v) is 13.5. The lowest BCUT2D eigenvalue weighted by Gasteiger charge is -2.20. The second kappa shape index (κ2) is 5.54. The van der Waals surface area contributed by atoms with Crippen LogP contribution in [-0.4, -0.2) is 4.98 Å². The minimum Gasteiger partial charge on any atom is -0.421 e. The number of aromatic nitrogens is 1. The molecule has 0 radical (unpaired) electrons. The molecule has 4 rings (SSSR count). The van der Waals surface area contributed by atoms with Gasteiger partial charge in [0.05, 0.1) is 10.8 Å². The van der Waals surface area contributed by atoms with E-state index in [4.69, 9.17) is 10.5 Å². The monoisotopic (exact) mass is 337 g/mol. The van der Waals surface area contributed by atoms with Gasteiger partial charge in [-0.25, -0.2) is 4.98 Å². The normalized spacial score (nSPS) is 16.6. The first kappa shape index (κ1) is 14.0. The minimum absolute atomic E-state index is 0.142.